The number of aromatic nitrogens is 4. The van der Waals surface area contributed by atoms with E-state index in [0.29, 0.717) is 11.4 Å². The highest BCUT2D eigenvalue weighted by atomic mass is 35.5. The summed E-state index contributed by atoms with van der Waals surface area (Å²) in [5.41, 5.74) is -0.0360. The van der Waals surface area contributed by atoms with E-state index in [2.05, 4.69) is 20.8 Å². The van der Waals surface area contributed by atoms with E-state index >= 15 is 0 Å². The van der Waals surface area contributed by atoms with E-state index in [0.717, 1.165) is 12.1 Å². The van der Waals surface area contributed by atoms with Gasteiger partial charge in [-0.1, -0.05) is 23.7 Å². The first-order valence-electron chi connectivity index (χ1n) is 7.91. The molecule has 1 amide bonds. The molecule has 1 heterocycles. The highest BCUT2D eigenvalue weighted by Crippen LogP contribution is 2.35. The summed E-state index contributed by atoms with van der Waals surface area (Å²) in [6, 6.07) is 10.2. The second-order valence-electron chi connectivity index (χ2n) is 5.63. The van der Waals surface area contributed by atoms with Crippen molar-refractivity contribution in [1.82, 2.24) is 25.5 Å². The van der Waals surface area contributed by atoms with Gasteiger partial charge in [0.05, 0.1) is 16.3 Å². The van der Waals surface area contributed by atoms with E-state index in [-0.39, 0.29) is 18.7 Å². The summed E-state index contributed by atoms with van der Waals surface area (Å²) in [6.45, 7) is -0.397. The van der Waals surface area contributed by atoms with Crippen LogP contribution in [-0.2, 0) is 17.5 Å². The molecule has 0 spiro atoms. The number of hydrogen-bond donors (Lipinski definition) is 1. The Bertz CT molecular complexity index is 964. The van der Waals surface area contributed by atoms with Crippen LogP contribution in [-0.4, -0.2) is 32.7 Å². The third-order valence-electron chi connectivity index (χ3n) is 3.63. The number of benzene rings is 2. The van der Waals surface area contributed by atoms with Crippen molar-refractivity contribution in [2.45, 2.75) is 12.7 Å². The standard InChI is InChI=1S/C17H13ClF3N5O2/c18-15-5-4-11(6-14(15)17(19,20)21)8-22-16(27)9-28-13-3-1-2-12(7-13)26-10-23-24-25-26/h1-7,10H,8-9H2,(H,22,27). The molecule has 2 aromatic carbocycles. The minimum absolute atomic E-state index is 0.0902. The third-order valence-corrected chi connectivity index (χ3v) is 3.96. The molecule has 1 aromatic heterocycles. The fourth-order valence-electron chi connectivity index (χ4n) is 2.30. The van der Waals surface area contributed by atoms with Gasteiger partial charge in [0, 0.05) is 12.6 Å². The predicted octanol–water partition coefficient (Wildman–Crippen LogP) is 3.03. The van der Waals surface area contributed by atoms with E-state index < -0.39 is 22.7 Å². The van der Waals surface area contributed by atoms with E-state index in [1.165, 1.54) is 17.1 Å². The molecule has 7 nitrogen and oxygen atoms in total. The number of ether oxygens (including phenoxy) is 1. The van der Waals surface area contributed by atoms with Gasteiger partial charge in [-0.15, -0.1) is 5.10 Å². The monoisotopic (exact) mass is 411 g/mol. The van der Waals surface area contributed by atoms with Crippen molar-refractivity contribution in [2.75, 3.05) is 6.61 Å². The van der Waals surface area contributed by atoms with Crippen LogP contribution in [0.15, 0.2) is 48.8 Å². The maximum absolute atomic E-state index is 12.9. The minimum Gasteiger partial charge on any atom is -0.484 e. The fraction of sp³-hybridized carbons (Fsp3) is 0.176. The first-order valence-corrected chi connectivity index (χ1v) is 8.29. The van der Waals surface area contributed by atoms with Crippen LogP contribution in [0, 0.1) is 0 Å². The van der Waals surface area contributed by atoms with E-state index in [9.17, 15) is 18.0 Å². The van der Waals surface area contributed by atoms with Crippen LogP contribution in [0.3, 0.4) is 0 Å². The molecule has 0 saturated carbocycles. The average Bonchev–Trinajstić information content (AvgIpc) is 3.20. The molecule has 28 heavy (non-hydrogen) atoms. The van der Waals surface area contributed by atoms with Gasteiger partial charge in [0.25, 0.3) is 5.91 Å². The third kappa shape index (κ3) is 4.97. The molecule has 11 heteroatoms. The number of alkyl halides is 3. The Labute approximate surface area is 162 Å². The van der Waals surface area contributed by atoms with Crippen LogP contribution in [0.1, 0.15) is 11.1 Å². The number of hydrogen-bond acceptors (Lipinski definition) is 5. The van der Waals surface area contributed by atoms with Gasteiger partial charge in [-0.3, -0.25) is 4.79 Å². The van der Waals surface area contributed by atoms with Crippen LogP contribution in [0.5, 0.6) is 5.75 Å². The average molecular weight is 412 g/mol. The number of carbonyl (C=O) groups excluding carboxylic acids is 1. The van der Waals surface area contributed by atoms with Crippen LogP contribution in [0.2, 0.25) is 5.02 Å². The van der Waals surface area contributed by atoms with Gasteiger partial charge in [0.2, 0.25) is 0 Å². The molecule has 146 valence electrons. The molecule has 3 aromatic rings. The van der Waals surface area contributed by atoms with Crippen molar-refractivity contribution in [1.29, 1.82) is 0 Å². The summed E-state index contributed by atoms with van der Waals surface area (Å²) >= 11 is 5.57. The minimum atomic E-state index is -4.56. The quantitative estimate of drug-likeness (QED) is 0.674. The van der Waals surface area contributed by atoms with Gasteiger partial charge in [0.15, 0.2) is 6.61 Å². The van der Waals surface area contributed by atoms with E-state index in [4.69, 9.17) is 16.3 Å². The Hall–Kier alpha value is -3.14. The smallest absolute Gasteiger partial charge is 0.417 e. The lowest BCUT2D eigenvalue weighted by Gasteiger charge is -2.12. The SMILES string of the molecule is O=C(COc1cccc(-n2cnnn2)c1)NCc1ccc(Cl)c(C(F)(F)F)c1. The Morgan fingerprint density at radius 1 is 1.21 bits per heavy atom. The highest BCUT2D eigenvalue weighted by molar-refractivity contribution is 6.31. The number of halogens is 4. The van der Waals surface area contributed by atoms with Crippen LogP contribution in [0.25, 0.3) is 5.69 Å². The number of nitrogens with one attached hydrogen (secondary N) is 1. The molecule has 3 rings (SSSR count). The van der Waals surface area contributed by atoms with E-state index in [1.807, 2.05) is 0 Å². The summed E-state index contributed by atoms with van der Waals surface area (Å²) < 4.78 is 45.4. The zero-order valence-electron chi connectivity index (χ0n) is 14.2. The van der Waals surface area contributed by atoms with Crippen LogP contribution in [0.4, 0.5) is 13.2 Å². The second-order valence-corrected chi connectivity index (χ2v) is 6.04. The number of tetrazole rings is 1. The van der Waals surface area contributed by atoms with Gasteiger partial charge in [-0.2, -0.15) is 13.2 Å². The number of amides is 1. The lowest BCUT2D eigenvalue weighted by molar-refractivity contribution is -0.137. The Morgan fingerprint density at radius 2 is 2.04 bits per heavy atom. The van der Waals surface area contributed by atoms with Crippen molar-refractivity contribution < 1.29 is 22.7 Å². The molecular weight excluding hydrogens is 399 g/mol. The molecule has 0 aliphatic carbocycles. The van der Waals surface area contributed by atoms with Crippen molar-refractivity contribution in [2.24, 2.45) is 0 Å². The first-order chi connectivity index (χ1) is 13.3. The molecule has 0 atom stereocenters. The second kappa shape index (κ2) is 8.26. The number of carbonyl (C=O) groups is 1. The molecule has 0 aliphatic rings. The lowest BCUT2D eigenvalue weighted by atomic mass is 10.1. The van der Waals surface area contributed by atoms with Gasteiger partial charge in [-0.25, -0.2) is 4.68 Å². The Kier molecular flexibility index (Phi) is 5.78. The number of rotatable bonds is 6. The number of nitrogens with zero attached hydrogens (tertiary/aromatic N) is 4. The van der Waals surface area contributed by atoms with Crippen LogP contribution < -0.4 is 10.1 Å². The molecule has 0 fully saturated rings. The zero-order valence-corrected chi connectivity index (χ0v) is 14.9. The first kappa shape index (κ1) is 19.6. The van der Waals surface area contributed by atoms with Gasteiger partial charge in [0.1, 0.15) is 12.1 Å². The Morgan fingerprint density at radius 3 is 2.75 bits per heavy atom. The van der Waals surface area contributed by atoms with Crippen molar-refractivity contribution in [3.8, 4) is 11.4 Å². The topological polar surface area (TPSA) is 81.9 Å². The molecule has 0 aliphatic heterocycles. The molecule has 0 bridgehead atoms. The van der Waals surface area contributed by atoms with Crippen molar-refractivity contribution in [3.05, 3.63) is 64.9 Å². The normalized spacial score (nSPS) is 11.3. The summed E-state index contributed by atoms with van der Waals surface area (Å²) in [7, 11) is 0. The van der Waals surface area contributed by atoms with Crippen molar-refractivity contribution >= 4 is 17.5 Å². The summed E-state index contributed by atoms with van der Waals surface area (Å²) in [4.78, 5) is 11.9. The van der Waals surface area contributed by atoms with Gasteiger partial charge in [-0.05, 0) is 40.3 Å². The Balaban J connectivity index is 1.55. The summed E-state index contributed by atoms with van der Waals surface area (Å²) in [6.07, 6.45) is -3.15. The lowest BCUT2D eigenvalue weighted by Crippen LogP contribution is -2.28. The maximum atomic E-state index is 12.9. The zero-order chi connectivity index (χ0) is 20.1. The largest absolute Gasteiger partial charge is 0.484 e. The van der Waals surface area contributed by atoms with E-state index in [1.54, 1.807) is 24.3 Å². The predicted molar refractivity (Wildman–Crippen MR) is 92.9 cm³/mol. The van der Waals surface area contributed by atoms with Gasteiger partial charge < -0.3 is 10.1 Å². The molecule has 0 radical (unpaired) electrons. The summed E-state index contributed by atoms with van der Waals surface area (Å²) in [5.74, 6) is -0.0784. The molecule has 0 unspecified atom stereocenters. The molecule has 0 saturated heterocycles. The molecular formula is C17H13ClF3N5O2. The fourth-order valence-corrected chi connectivity index (χ4v) is 2.52. The maximum Gasteiger partial charge on any atom is 0.417 e. The summed E-state index contributed by atoms with van der Waals surface area (Å²) in [5, 5.41) is 12.9. The highest BCUT2D eigenvalue weighted by Gasteiger charge is 2.33. The van der Waals surface area contributed by atoms with Gasteiger partial charge >= 0.3 is 6.18 Å². The van der Waals surface area contributed by atoms with Crippen molar-refractivity contribution in [3.63, 3.8) is 0 Å². The van der Waals surface area contributed by atoms with Crippen LogP contribution >= 0.6 is 11.6 Å². The molecule has 1 N–H and O–H groups in total.